The number of rotatable bonds is 10. The van der Waals surface area contributed by atoms with Crippen molar-refractivity contribution in [3.63, 3.8) is 0 Å². The van der Waals surface area contributed by atoms with Crippen LogP contribution in [-0.4, -0.2) is 38.0 Å². The smallest absolute Gasteiger partial charge is 0.242 e. The lowest BCUT2D eigenvalue weighted by molar-refractivity contribution is -0.119. The Morgan fingerprint density at radius 2 is 1.52 bits per heavy atom. The van der Waals surface area contributed by atoms with Crippen molar-refractivity contribution < 1.29 is 13.2 Å². The molecule has 1 amide bonds. The highest BCUT2D eigenvalue weighted by atomic mass is 32.2. The second-order valence-corrected chi connectivity index (χ2v) is 8.59. The topological polar surface area (TPSA) is 57.7 Å². The van der Waals surface area contributed by atoms with Crippen LogP contribution in [0.25, 0.3) is 0 Å². The Kier molecular flexibility index (Phi) is 8.00. The van der Waals surface area contributed by atoms with Crippen LogP contribution in [0.3, 0.4) is 0 Å². The Balaban J connectivity index is 2.21. The summed E-state index contributed by atoms with van der Waals surface area (Å²) in [6, 6.07) is 19.1. The van der Waals surface area contributed by atoms with Crippen molar-refractivity contribution in [1.29, 1.82) is 0 Å². The summed E-state index contributed by atoms with van der Waals surface area (Å²) in [5.74, 6) is -0.230. The molecule has 2 aromatic rings. The maximum Gasteiger partial charge on any atom is 0.242 e. The number of hydrogen-bond acceptors (Lipinski definition) is 3. The molecular formula is C21H28N2O3S. The van der Waals surface area contributed by atoms with Crippen LogP contribution >= 0.6 is 0 Å². The zero-order valence-corrected chi connectivity index (χ0v) is 16.9. The Labute approximate surface area is 162 Å². The molecule has 0 fully saturated rings. The van der Waals surface area contributed by atoms with Gasteiger partial charge in [0.2, 0.25) is 15.9 Å². The highest BCUT2D eigenvalue weighted by Crippen LogP contribution is 2.18. The summed E-state index contributed by atoms with van der Waals surface area (Å²) in [7, 11) is -3.44. The largest absolute Gasteiger partial charge is 0.307 e. The van der Waals surface area contributed by atoms with Gasteiger partial charge >= 0.3 is 0 Å². The second-order valence-electron chi connectivity index (χ2n) is 6.60. The molecule has 146 valence electrons. The standard InChI is InChI=1S/C21H28N2O3S/c1-3-4-11-16-22(27(2,25)26)18-21(24)23(20-14-9-6-10-15-20)17-19-12-7-5-8-13-19/h5-10,12-15H,3-4,11,16-18H2,1-2H3. The van der Waals surface area contributed by atoms with Crippen molar-refractivity contribution >= 4 is 21.6 Å². The highest BCUT2D eigenvalue weighted by Gasteiger charge is 2.24. The molecule has 0 heterocycles. The minimum atomic E-state index is -3.44. The van der Waals surface area contributed by atoms with E-state index in [0.29, 0.717) is 13.1 Å². The van der Waals surface area contributed by atoms with Crippen molar-refractivity contribution in [2.45, 2.75) is 32.7 Å². The molecule has 27 heavy (non-hydrogen) atoms. The highest BCUT2D eigenvalue weighted by molar-refractivity contribution is 7.88. The fourth-order valence-electron chi connectivity index (χ4n) is 2.83. The van der Waals surface area contributed by atoms with Crippen molar-refractivity contribution in [2.24, 2.45) is 0 Å². The Hall–Kier alpha value is -2.18. The molecule has 6 heteroatoms. The van der Waals surface area contributed by atoms with Crippen molar-refractivity contribution in [2.75, 3.05) is 24.2 Å². The predicted molar refractivity (Wildman–Crippen MR) is 110 cm³/mol. The van der Waals surface area contributed by atoms with E-state index in [4.69, 9.17) is 0 Å². The van der Waals surface area contributed by atoms with Crippen LogP contribution in [0.15, 0.2) is 60.7 Å². The Morgan fingerprint density at radius 3 is 2.07 bits per heavy atom. The minimum Gasteiger partial charge on any atom is -0.307 e. The number of amides is 1. The van der Waals surface area contributed by atoms with Gasteiger partial charge in [0.25, 0.3) is 0 Å². The van der Waals surface area contributed by atoms with Gasteiger partial charge in [0.05, 0.1) is 19.3 Å². The number of benzene rings is 2. The molecule has 0 spiro atoms. The first-order valence-electron chi connectivity index (χ1n) is 9.26. The Bertz CT molecular complexity index is 808. The van der Waals surface area contributed by atoms with E-state index < -0.39 is 10.0 Å². The third-order valence-electron chi connectivity index (χ3n) is 4.34. The number of carbonyl (C=O) groups excluding carboxylic acids is 1. The van der Waals surface area contributed by atoms with Crippen LogP contribution in [0.2, 0.25) is 0 Å². The molecule has 0 aliphatic carbocycles. The first-order valence-corrected chi connectivity index (χ1v) is 11.1. The van der Waals surface area contributed by atoms with E-state index in [2.05, 4.69) is 6.92 Å². The molecule has 2 rings (SSSR count). The summed E-state index contributed by atoms with van der Waals surface area (Å²) >= 11 is 0. The van der Waals surface area contributed by atoms with E-state index in [1.165, 1.54) is 4.31 Å². The molecule has 0 saturated carbocycles. The summed E-state index contributed by atoms with van der Waals surface area (Å²) in [4.78, 5) is 14.7. The van der Waals surface area contributed by atoms with E-state index in [9.17, 15) is 13.2 Å². The van der Waals surface area contributed by atoms with Gasteiger partial charge in [-0.3, -0.25) is 4.79 Å². The molecule has 0 aromatic heterocycles. The third-order valence-corrected chi connectivity index (χ3v) is 5.59. The van der Waals surface area contributed by atoms with Crippen LogP contribution in [0, 0.1) is 0 Å². The molecule has 0 aliphatic rings. The molecule has 5 nitrogen and oxygen atoms in total. The number of unbranched alkanes of at least 4 members (excludes halogenated alkanes) is 2. The SMILES string of the molecule is CCCCCN(CC(=O)N(Cc1ccccc1)c1ccccc1)S(C)(=O)=O. The molecule has 2 aromatic carbocycles. The van der Waals surface area contributed by atoms with Gasteiger partial charge in [0.15, 0.2) is 0 Å². The summed E-state index contributed by atoms with van der Waals surface area (Å²) in [6.07, 6.45) is 3.85. The molecular weight excluding hydrogens is 360 g/mol. The van der Waals surface area contributed by atoms with Gasteiger partial charge in [-0.1, -0.05) is 68.3 Å². The van der Waals surface area contributed by atoms with Crippen LogP contribution in [0.1, 0.15) is 31.7 Å². The summed E-state index contributed by atoms with van der Waals surface area (Å²) < 4.78 is 25.6. The number of carbonyl (C=O) groups is 1. The van der Waals surface area contributed by atoms with Crippen molar-refractivity contribution in [1.82, 2.24) is 4.31 Å². The van der Waals surface area contributed by atoms with Crippen LogP contribution in [-0.2, 0) is 21.4 Å². The van der Waals surface area contributed by atoms with Gasteiger partial charge in [-0.15, -0.1) is 0 Å². The average molecular weight is 389 g/mol. The van der Waals surface area contributed by atoms with Crippen LogP contribution in [0.5, 0.6) is 0 Å². The predicted octanol–water partition coefficient (Wildman–Crippen LogP) is 3.67. The van der Waals surface area contributed by atoms with Gasteiger partial charge in [-0.2, -0.15) is 4.31 Å². The first-order chi connectivity index (χ1) is 12.9. The fourth-order valence-corrected chi connectivity index (χ4v) is 3.64. The molecule has 0 atom stereocenters. The minimum absolute atomic E-state index is 0.149. The molecule has 0 unspecified atom stereocenters. The zero-order valence-electron chi connectivity index (χ0n) is 16.0. The molecule has 0 radical (unpaired) electrons. The number of anilines is 1. The molecule has 0 bridgehead atoms. The fraction of sp³-hybridized carbons (Fsp3) is 0.381. The summed E-state index contributed by atoms with van der Waals surface area (Å²) in [5, 5.41) is 0. The monoisotopic (exact) mass is 388 g/mol. The van der Waals surface area contributed by atoms with E-state index >= 15 is 0 Å². The van der Waals surface area contributed by atoms with Crippen LogP contribution in [0.4, 0.5) is 5.69 Å². The normalized spacial score (nSPS) is 11.5. The van der Waals surface area contributed by atoms with Crippen molar-refractivity contribution in [3.8, 4) is 0 Å². The van der Waals surface area contributed by atoms with Gasteiger partial charge in [0, 0.05) is 12.2 Å². The van der Waals surface area contributed by atoms with Crippen molar-refractivity contribution in [3.05, 3.63) is 66.2 Å². The number of sulfonamides is 1. The zero-order chi connectivity index (χ0) is 19.7. The lowest BCUT2D eigenvalue weighted by Gasteiger charge is -2.27. The maximum atomic E-state index is 13.1. The summed E-state index contributed by atoms with van der Waals surface area (Å²) in [5.41, 5.74) is 1.75. The summed E-state index contributed by atoms with van der Waals surface area (Å²) in [6.45, 7) is 2.68. The van der Waals surface area contributed by atoms with E-state index in [1.54, 1.807) is 4.90 Å². The molecule has 0 saturated heterocycles. The quantitative estimate of drug-likeness (QED) is 0.584. The molecule has 0 N–H and O–H groups in total. The van der Waals surface area contributed by atoms with E-state index in [-0.39, 0.29) is 12.5 Å². The average Bonchev–Trinajstić information content (AvgIpc) is 2.66. The van der Waals surface area contributed by atoms with Gasteiger partial charge in [-0.05, 0) is 24.1 Å². The van der Waals surface area contributed by atoms with Gasteiger partial charge in [0.1, 0.15) is 0 Å². The van der Waals surface area contributed by atoms with Gasteiger partial charge < -0.3 is 4.90 Å². The van der Waals surface area contributed by atoms with E-state index in [0.717, 1.165) is 36.8 Å². The lowest BCUT2D eigenvalue weighted by Crippen LogP contribution is -2.42. The first kappa shape index (κ1) is 21.1. The molecule has 0 aliphatic heterocycles. The number of hydrogen-bond donors (Lipinski definition) is 0. The van der Waals surface area contributed by atoms with Gasteiger partial charge in [-0.25, -0.2) is 8.42 Å². The van der Waals surface area contributed by atoms with E-state index in [1.807, 2.05) is 60.7 Å². The third kappa shape index (κ3) is 6.81. The number of nitrogens with zero attached hydrogens (tertiary/aromatic N) is 2. The van der Waals surface area contributed by atoms with Crippen LogP contribution < -0.4 is 4.90 Å². The number of para-hydroxylation sites is 1. The second kappa shape index (κ2) is 10.2. The maximum absolute atomic E-state index is 13.1. The lowest BCUT2D eigenvalue weighted by atomic mass is 10.2. The Morgan fingerprint density at radius 1 is 0.926 bits per heavy atom.